The number of amides is 7. The molecule has 89 heavy (non-hydrogen) atoms. The van der Waals surface area contributed by atoms with E-state index in [4.69, 9.17) is 49.6 Å². The number of esters is 1. The Morgan fingerprint density at radius 3 is 2.22 bits per heavy atom. The number of ketones is 1. The monoisotopic (exact) mass is 1250 g/mol. The molecule has 0 saturated heterocycles. The zero-order valence-corrected chi connectivity index (χ0v) is 50.4. The van der Waals surface area contributed by atoms with Crippen molar-refractivity contribution in [2.24, 2.45) is 17.4 Å². The molecule has 0 bridgehead atoms. The number of hydrogen-bond donors (Lipinski definition) is 10. The minimum Gasteiger partial charge on any atom is -0.458 e. The summed E-state index contributed by atoms with van der Waals surface area (Å²) < 4.78 is 54.4. The molecule has 1 aliphatic carbocycles. The smallest absolute Gasteiger partial charge is 0.407 e. The summed E-state index contributed by atoms with van der Waals surface area (Å²) >= 11 is 0. The quantitative estimate of drug-likeness (QED) is 0.0153. The van der Waals surface area contributed by atoms with Crippen LogP contribution in [0.1, 0.15) is 97.9 Å². The molecule has 29 heteroatoms. The zero-order chi connectivity index (χ0) is 64.2. The average molecular weight is 1250 g/mol. The molecule has 7 amide bonds. The predicted molar refractivity (Wildman–Crippen MR) is 318 cm³/mol. The van der Waals surface area contributed by atoms with Gasteiger partial charge in [-0.15, -0.1) is 0 Å². The second kappa shape index (κ2) is 33.0. The highest BCUT2D eigenvalue weighted by molar-refractivity contribution is 5.99. The zero-order valence-electron chi connectivity index (χ0n) is 50.4. The number of hydrogen-bond acceptors (Lipinski definition) is 20. The van der Waals surface area contributed by atoms with E-state index in [1.54, 1.807) is 58.0 Å². The summed E-state index contributed by atoms with van der Waals surface area (Å²) in [6, 6.07) is 5.92. The number of nitrogens with two attached hydrogens (primary N) is 2. The maximum atomic E-state index is 15.4. The molecule has 0 saturated carbocycles. The van der Waals surface area contributed by atoms with E-state index in [1.807, 2.05) is 0 Å². The maximum Gasteiger partial charge on any atom is 0.407 e. The lowest BCUT2D eigenvalue weighted by atomic mass is 9.81. The fourth-order valence-electron chi connectivity index (χ4n) is 10.5. The molecular weight excluding hydrogens is 1170 g/mol. The fourth-order valence-corrected chi connectivity index (χ4v) is 10.5. The van der Waals surface area contributed by atoms with E-state index in [0.717, 1.165) is 16.5 Å². The molecule has 484 valence electrons. The number of aryl methyl sites for hydroxylation is 1. The molecule has 3 aliphatic rings. The van der Waals surface area contributed by atoms with Gasteiger partial charge in [-0.1, -0.05) is 32.9 Å². The highest BCUT2D eigenvalue weighted by Gasteiger charge is 2.46. The highest BCUT2D eigenvalue weighted by Crippen LogP contribution is 2.46. The van der Waals surface area contributed by atoms with Gasteiger partial charge in [0.2, 0.25) is 23.6 Å². The van der Waals surface area contributed by atoms with Crippen LogP contribution in [-0.2, 0) is 93.7 Å². The number of Topliss-reactive ketones (excluding diaryl/α,β-unsaturated/α-hetero) is 1. The third-order valence-corrected chi connectivity index (χ3v) is 15.3. The number of nitrogens with zero attached hydrogens (tertiary/aromatic N) is 2. The summed E-state index contributed by atoms with van der Waals surface area (Å²) in [4.78, 5) is 121. The van der Waals surface area contributed by atoms with Crippen LogP contribution in [0.3, 0.4) is 0 Å². The Balaban J connectivity index is 0.814. The standard InChI is InChI=1S/C60H80FN11O17/c1-5-60(82)42-25-47-53-40(29-72(47)56(78)41(42)32-88-57(60)79)51-44(13-12-39-35(4)43(61)26-46(69-53)50(39)51)65-27-38(73)31-87-33-67-49(75)28-66-59(81)89-30-36-8-10-37(11-9-36)68-54(76)45(7-6-16-64-58(63)80)70-55(77)52(34(2)3)71-48(74)14-17-83-19-21-85-23-24-86-22-20-84-18-15-62/h8-11,25-26,34,44-45,52,65,82H,5-7,12-24,27-33,62H2,1-4H3,(H,66,81)(H,67,75)(H,68,76)(H,70,77)(H,71,74)(H3,63,64,80)/t44-,45-,52-,60-/m0/s1. The third kappa shape index (κ3) is 18.3. The number of ether oxygens (including phenoxy) is 7. The Kier molecular flexibility index (Phi) is 25.4. The lowest BCUT2D eigenvalue weighted by Gasteiger charge is -2.31. The largest absolute Gasteiger partial charge is 0.458 e. The van der Waals surface area contributed by atoms with E-state index < -0.39 is 83.4 Å². The highest BCUT2D eigenvalue weighted by atomic mass is 19.1. The van der Waals surface area contributed by atoms with Gasteiger partial charge in [0.15, 0.2) is 11.4 Å². The number of cyclic esters (lactones) is 1. The lowest BCUT2D eigenvalue weighted by molar-refractivity contribution is -0.172. The van der Waals surface area contributed by atoms with Crippen molar-refractivity contribution in [2.75, 3.05) is 97.7 Å². The SMILES string of the molecule is CC[C@@]1(O)C(=O)OCc2c1cc1n(c2=O)Cc2c-1nc1cc(F)c(C)c3c1c2[C@@H](NCC(=O)COCNC(=O)CNC(=O)OCc1ccc(NC(=O)[C@H](CCCNC(N)=O)NC(=O)[C@@H](NC(=O)CCOCCOCCOCCOCCN)C(C)C)cc1)CC3. The van der Waals surface area contributed by atoms with Crippen LogP contribution >= 0.6 is 0 Å². The molecule has 12 N–H and O–H groups in total. The van der Waals surface area contributed by atoms with E-state index in [2.05, 4.69) is 37.2 Å². The van der Waals surface area contributed by atoms with Crippen LogP contribution < -0.4 is 54.2 Å². The number of nitrogens with one attached hydrogen (secondary N) is 7. The second-order valence-electron chi connectivity index (χ2n) is 21.8. The molecule has 7 rings (SSSR count). The first kappa shape index (κ1) is 68.5. The van der Waals surface area contributed by atoms with Crippen LogP contribution in [0.2, 0.25) is 0 Å². The Hall–Kier alpha value is -8.03. The van der Waals surface area contributed by atoms with E-state index in [1.165, 1.54) is 10.6 Å². The van der Waals surface area contributed by atoms with Crippen molar-refractivity contribution >= 4 is 64.1 Å². The molecular formula is C60H80FN11O17. The minimum absolute atomic E-state index is 0.0332. The van der Waals surface area contributed by atoms with Gasteiger partial charge in [0.1, 0.15) is 51.0 Å². The van der Waals surface area contributed by atoms with Crippen molar-refractivity contribution in [3.05, 3.63) is 91.5 Å². The third-order valence-electron chi connectivity index (χ3n) is 15.3. The van der Waals surface area contributed by atoms with Crippen LogP contribution in [0, 0.1) is 18.7 Å². The Morgan fingerprint density at radius 1 is 0.854 bits per heavy atom. The first-order valence-electron chi connectivity index (χ1n) is 29.6. The molecule has 2 aromatic carbocycles. The summed E-state index contributed by atoms with van der Waals surface area (Å²) in [5.74, 6) is -4.28. The average Bonchev–Trinajstić information content (AvgIpc) is 1.65. The van der Waals surface area contributed by atoms with Gasteiger partial charge < -0.3 is 91.5 Å². The van der Waals surface area contributed by atoms with Crippen LogP contribution in [0.4, 0.5) is 19.7 Å². The van der Waals surface area contributed by atoms with Gasteiger partial charge in [-0.25, -0.2) is 23.8 Å². The van der Waals surface area contributed by atoms with Crippen molar-refractivity contribution in [3.63, 3.8) is 0 Å². The topological polar surface area (TPSA) is 393 Å². The van der Waals surface area contributed by atoms with E-state index in [0.29, 0.717) is 98.3 Å². The number of aliphatic hydroxyl groups is 1. The molecule has 0 unspecified atom stereocenters. The molecule has 2 aliphatic heterocycles. The van der Waals surface area contributed by atoms with Crippen molar-refractivity contribution in [1.29, 1.82) is 0 Å². The summed E-state index contributed by atoms with van der Waals surface area (Å²) in [6.45, 7) is 8.28. The van der Waals surface area contributed by atoms with Gasteiger partial charge in [0.05, 0.1) is 88.4 Å². The number of pyridine rings is 2. The van der Waals surface area contributed by atoms with E-state index in [9.17, 15) is 48.3 Å². The normalized spacial score (nSPS) is 16.1. The number of urea groups is 1. The number of carbonyl (C=O) groups excluding carboxylic acids is 8. The second-order valence-corrected chi connectivity index (χ2v) is 21.8. The number of carbonyl (C=O) groups is 8. The Labute approximate surface area is 512 Å². The summed E-state index contributed by atoms with van der Waals surface area (Å²) in [5, 5.41) is 30.8. The number of aromatic nitrogens is 2. The molecule has 0 spiro atoms. The number of halogens is 1. The molecule has 0 radical (unpaired) electrons. The predicted octanol–water partition coefficient (Wildman–Crippen LogP) is 1.12. The van der Waals surface area contributed by atoms with E-state index >= 15 is 4.39 Å². The van der Waals surface area contributed by atoms with Crippen LogP contribution in [-0.4, -0.2) is 167 Å². The van der Waals surface area contributed by atoms with Gasteiger partial charge in [0.25, 0.3) is 5.56 Å². The van der Waals surface area contributed by atoms with Crippen molar-refractivity contribution in [1.82, 2.24) is 41.5 Å². The first-order chi connectivity index (χ1) is 42.7. The van der Waals surface area contributed by atoms with Gasteiger partial charge in [0, 0.05) is 53.8 Å². The van der Waals surface area contributed by atoms with Crippen molar-refractivity contribution < 1.29 is 81.0 Å². The first-order valence-corrected chi connectivity index (χ1v) is 29.6. The summed E-state index contributed by atoms with van der Waals surface area (Å²) in [6.07, 6.45) is 0.332. The molecule has 4 atom stereocenters. The Bertz CT molecular complexity index is 3270. The molecule has 4 heterocycles. The molecule has 0 fully saturated rings. The number of primary amides is 1. The van der Waals surface area contributed by atoms with Gasteiger partial charge in [-0.3, -0.25) is 28.8 Å². The van der Waals surface area contributed by atoms with E-state index in [-0.39, 0.29) is 108 Å². The minimum atomic E-state index is -2.03. The lowest BCUT2D eigenvalue weighted by Crippen LogP contribution is -2.54. The molecule has 28 nitrogen and oxygen atoms in total. The summed E-state index contributed by atoms with van der Waals surface area (Å²) in [5.41, 5.74) is 13.1. The maximum absolute atomic E-state index is 15.4. The van der Waals surface area contributed by atoms with Crippen molar-refractivity contribution in [3.8, 4) is 11.4 Å². The molecule has 4 aromatic rings. The number of benzene rings is 2. The number of rotatable bonds is 36. The van der Waals surface area contributed by atoms with Gasteiger partial charge in [-0.2, -0.15) is 0 Å². The van der Waals surface area contributed by atoms with Crippen molar-refractivity contribution in [2.45, 2.75) is 110 Å². The number of fused-ring (bicyclic) bond motifs is 5. The van der Waals surface area contributed by atoms with Crippen LogP contribution in [0.5, 0.6) is 0 Å². The van der Waals surface area contributed by atoms with Crippen LogP contribution in [0.25, 0.3) is 22.3 Å². The number of anilines is 1. The molecule has 2 aromatic heterocycles. The number of alkyl carbamates (subject to hydrolysis) is 1. The van der Waals surface area contributed by atoms with Gasteiger partial charge in [-0.05, 0) is 85.4 Å². The summed E-state index contributed by atoms with van der Waals surface area (Å²) in [7, 11) is 0. The Morgan fingerprint density at radius 2 is 1.55 bits per heavy atom. The van der Waals surface area contributed by atoms with Crippen LogP contribution in [0.15, 0.2) is 41.2 Å². The fraction of sp³-hybridized carbons (Fsp3) is 0.533. The van der Waals surface area contributed by atoms with Gasteiger partial charge >= 0.3 is 18.1 Å².